The minimum atomic E-state index is 0.219. The quantitative estimate of drug-likeness (QED) is 0.195. The number of carbonyl (C=O) groups excluding carboxylic acids is 1. The van der Waals surface area contributed by atoms with Crippen LogP contribution in [0.25, 0.3) is 22.2 Å². The molecular weight excluding hydrogens is 523 g/mol. The van der Waals surface area contributed by atoms with E-state index in [-0.39, 0.29) is 5.91 Å². The average molecular weight is 560 g/mol. The van der Waals surface area contributed by atoms with Crippen molar-refractivity contribution >= 4 is 40.7 Å². The van der Waals surface area contributed by atoms with E-state index in [0.717, 1.165) is 44.4 Å². The first-order valence-electron chi connectivity index (χ1n) is 13.4. The third-order valence-corrected chi connectivity index (χ3v) is 9.52. The third-order valence-electron chi connectivity index (χ3n) is 7.39. The van der Waals surface area contributed by atoms with E-state index in [2.05, 4.69) is 89.6 Å². The number of nitrogens with zero attached hydrogens (tertiary/aromatic N) is 1. The number of aryl methyl sites for hydroxylation is 2. The van der Waals surface area contributed by atoms with Crippen molar-refractivity contribution in [3.8, 4) is 17.0 Å². The van der Waals surface area contributed by atoms with Crippen molar-refractivity contribution in [2.24, 2.45) is 0 Å². The molecular formula is C32H36N2O2Se. The van der Waals surface area contributed by atoms with Crippen LogP contribution >= 0.6 is 0 Å². The Balaban J connectivity index is 1.32. The summed E-state index contributed by atoms with van der Waals surface area (Å²) < 4.78 is 10.8. The van der Waals surface area contributed by atoms with E-state index in [0.29, 0.717) is 27.4 Å². The summed E-state index contributed by atoms with van der Waals surface area (Å²) in [4.78, 5) is 12.2. The summed E-state index contributed by atoms with van der Waals surface area (Å²) in [6.45, 7) is 3.16. The molecule has 5 rings (SSSR count). The van der Waals surface area contributed by atoms with Crippen molar-refractivity contribution in [2.45, 2.75) is 64.5 Å². The number of methoxy groups -OCH3 is 1. The molecule has 1 N–H and O–H groups in total. The summed E-state index contributed by atoms with van der Waals surface area (Å²) >= 11 is 0.305. The Morgan fingerprint density at radius 3 is 2.43 bits per heavy atom. The summed E-state index contributed by atoms with van der Waals surface area (Å²) in [7, 11) is 1.72. The van der Waals surface area contributed by atoms with Crippen LogP contribution in [0.5, 0.6) is 5.75 Å². The van der Waals surface area contributed by atoms with Crippen LogP contribution in [0, 0.1) is 6.92 Å². The zero-order valence-electron chi connectivity index (χ0n) is 21.8. The fraction of sp³-hybridized carbons (Fsp3) is 0.344. The van der Waals surface area contributed by atoms with E-state index >= 15 is 0 Å². The third kappa shape index (κ3) is 6.11. The SMILES string of the molecule is COc1ccc2c(c1)c(C)c(-c1ccc([Se]c3ccccc3)cc1)n2CCCCCC(=O)NC1CCC1. The number of nitrogens with one attached hydrogen (secondary N) is 1. The van der Waals surface area contributed by atoms with Gasteiger partial charge in [0.15, 0.2) is 0 Å². The second-order valence-corrected chi connectivity index (χ2v) is 12.4. The predicted octanol–water partition coefficient (Wildman–Crippen LogP) is 5.51. The van der Waals surface area contributed by atoms with Crippen LogP contribution < -0.4 is 19.0 Å². The number of carbonyl (C=O) groups is 1. The number of hydrogen-bond donors (Lipinski definition) is 1. The smallest absolute Gasteiger partial charge is 0.353 e. The van der Waals surface area contributed by atoms with Gasteiger partial charge in [0.2, 0.25) is 0 Å². The number of unbranched alkanes of at least 4 members (excludes halogenated alkanes) is 2. The van der Waals surface area contributed by atoms with Gasteiger partial charge in [-0.1, -0.05) is 0 Å². The molecule has 0 saturated heterocycles. The molecule has 0 radical (unpaired) electrons. The number of ether oxygens (including phenoxy) is 1. The Morgan fingerprint density at radius 2 is 1.73 bits per heavy atom. The maximum absolute atomic E-state index is 12.2. The normalized spacial score (nSPS) is 13.5. The van der Waals surface area contributed by atoms with Crippen molar-refractivity contribution in [3.05, 3.63) is 78.4 Å². The number of fused-ring (bicyclic) bond motifs is 1. The Kier molecular flexibility index (Phi) is 8.33. The summed E-state index contributed by atoms with van der Waals surface area (Å²) in [6.07, 6.45) is 7.22. The van der Waals surface area contributed by atoms with E-state index in [1.165, 1.54) is 43.1 Å². The molecule has 1 amide bonds. The molecule has 0 unspecified atom stereocenters. The molecule has 1 saturated carbocycles. The summed E-state index contributed by atoms with van der Waals surface area (Å²) in [5.74, 6) is 1.11. The minimum Gasteiger partial charge on any atom is -0.353 e. The van der Waals surface area contributed by atoms with Crippen LogP contribution in [0.15, 0.2) is 72.8 Å². The first kappa shape index (κ1) is 25.6. The monoisotopic (exact) mass is 560 g/mol. The van der Waals surface area contributed by atoms with Gasteiger partial charge >= 0.3 is 192 Å². The van der Waals surface area contributed by atoms with Crippen molar-refractivity contribution < 1.29 is 9.53 Å². The van der Waals surface area contributed by atoms with Gasteiger partial charge in [0, 0.05) is 6.04 Å². The van der Waals surface area contributed by atoms with Crippen molar-refractivity contribution in [1.29, 1.82) is 0 Å². The molecule has 4 aromatic rings. The van der Waals surface area contributed by atoms with Gasteiger partial charge in [-0.25, -0.2) is 0 Å². The number of hydrogen-bond acceptors (Lipinski definition) is 2. The molecule has 1 aliphatic carbocycles. The zero-order valence-corrected chi connectivity index (χ0v) is 23.5. The molecule has 3 aromatic carbocycles. The molecule has 1 aromatic heterocycles. The van der Waals surface area contributed by atoms with E-state index in [1.807, 2.05) is 0 Å². The Hall–Kier alpha value is -3.01. The molecule has 0 aliphatic heterocycles. The molecule has 5 heteroatoms. The molecule has 0 bridgehead atoms. The topological polar surface area (TPSA) is 43.3 Å². The molecule has 0 spiro atoms. The van der Waals surface area contributed by atoms with Gasteiger partial charge in [-0.05, 0) is 19.3 Å². The molecule has 37 heavy (non-hydrogen) atoms. The first-order valence-corrected chi connectivity index (χ1v) is 15.1. The van der Waals surface area contributed by atoms with Crippen molar-refractivity contribution in [1.82, 2.24) is 9.88 Å². The maximum atomic E-state index is 12.2. The summed E-state index contributed by atoms with van der Waals surface area (Å²) in [5.41, 5.74) is 5.06. The fourth-order valence-electron chi connectivity index (χ4n) is 5.12. The van der Waals surface area contributed by atoms with Crippen LogP contribution in [-0.2, 0) is 11.3 Å². The average Bonchev–Trinajstić information content (AvgIpc) is 3.17. The molecule has 1 aliphatic rings. The van der Waals surface area contributed by atoms with Gasteiger partial charge in [-0.15, -0.1) is 0 Å². The number of benzene rings is 3. The van der Waals surface area contributed by atoms with Crippen LogP contribution in [0.3, 0.4) is 0 Å². The predicted molar refractivity (Wildman–Crippen MR) is 154 cm³/mol. The molecule has 0 atom stereocenters. The van der Waals surface area contributed by atoms with Gasteiger partial charge < -0.3 is 5.32 Å². The van der Waals surface area contributed by atoms with Gasteiger partial charge in [-0.3, -0.25) is 4.79 Å². The van der Waals surface area contributed by atoms with Gasteiger partial charge in [0.1, 0.15) is 0 Å². The van der Waals surface area contributed by atoms with E-state index in [1.54, 1.807) is 7.11 Å². The van der Waals surface area contributed by atoms with Crippen molar-refractivity contribution in [2.75, 3.05) is 7.11 Å². The van der Waals surface area contributed by atoms with Crippen LogP contribution in [-0.4, -0.2) is 38.6 Å². The van der Waals surface area contributed by atoms with Crippen molar-refractivity contribution in [3.63, 3.8) is 0 Å². The summed E-state index contributed by atoms with van der Waals surface area (Å²) in [6, 6.07) is 26.7. The Labute approximate surface area is 226 Å². The minimum absolute atomic E-state index is 0.219. The van der Waals surface area contributed by atoms with E-state index in [4.69, 9.17) is 4.74 Å². The molecule has 4 nitrogen and oxygen atoms in total. The summed E-state index contributed by atoms with van der Waals surface area (Å²) in [5, 5.41) is 4.40. The Morgan fingerprint density at radius 1 is 0.973 bits per heavy atom. The zero-order chi connectivity index (χ0) is 25.6. The standard InChI is InChI=1S/C32H36N2O2Se/c1-23-29-22-26(36-2)17-20-30(29)34(21-8-4-7-14-31(35)33-25-10-9-11-25)32(23)24-15-18-28(19-16-24)37-27-12-5-3-6-13-27/h3,5-6,12-13,15-20,22,25H,4,7-11,14,21H2,1-2H3,(H,33,35). The van der Waals surface area contributed by atoms with Crippen LogP contribution in [0.4, 0.5) is 0 Å². The van der Waals surface area contributed by atoms with Crippen LogP contribution in [0.2, 0.25) is 0 Å². The molecule has 1 fully saturated rings. The fourth-order valence-corrected chi connectivity index (χ4v) is 6.88. The molecule has 192 valence electrons. The number of aromatic nitrogens is 1. The van der Waals surface area contributed by atoms with Gasteiger partial charge in [0.05, 0.1) is 0 Å². The van der Waals surface area contributed by atoms with E-state index < -0.39 is 0 Å². The second-order valence-electron chi connectivity index (χ2n) is 9.95. The first-order chi connectivity index (χ1) is 18.1. The number of amides is 1. The Bertz CT molecular complexity index is 1340. The second kappa shape index (κ2) is 12.0. The molecule has 1 heterocycles. The number of rotatable bonds is 11. The van der Waals surface area contributed by atoms with Crippen LogP contribution in [0.1, 0.15) is 50.5 Å². The van der Waals surface area contributed by atoms with Gasteiger partial charge in [-0.2, -0.15) is 0 Å². The van der Waals surface area contributed by atoms with Gasteiger partial charge in [0.25, 0.3) is 0 Å². The van der Waals surface area contributed by atoms with E-state index in [9.17, 15) is 4.79 Å².